The molecule has 1 aromatic rings. The fraction of sp³-hybridized carbons (Fsp3) is 0.364. The van der Waals surface area contributed by atoms with E-state index in [2.05, 4.69) is 21.1 Å². The Kier molecular flexibility index (Phi) is 4.81. The van der Waals surface area contributed by atoms with Crippen molar-refractivity contribution >= 4 is 31.8 Å². The largest absolute Gasteiger partial charge is 0.409 e. The number of ether oxygens (including phenoxy) is 1. The molecule has 0 aromatic heterocycles. The third kappa shape index (κ3) is 3.34. The van der Waals surface area contributed by atoms with Crippen molar-refractivity contribution in [2.24, 2.45) is 10.9 Å². The number of benzene rings is 1. The standard InChI is InChI=1S/C11H13BrFN3O4S/c12-7-1-2-10(8(13)5-7)21(18,19)16-3-4-20-9(6-16)11(14)15-17/h1-2,5,9,17H,3-4,6H2,(H2,14,15). The van der Waals surface area contributed by atoms with E-state index in [1.165, 1.54) is 12.1 Å². The highest BCUT2D eigenvalue weighted by molar-refractivity contribution is 9.10. The molecule has 116 valence electrons. The number of rotatable bonds is 3. The van der Waals surface area contributed by atoms with Crippen LogP contribution in [0.3, 0.4) is 0 Å². The molecule has 1 heterocycles. The monoisotopic (exact) mass is 381 g/mol. The highest BCUT2D eigenvalue weighted by Gasteiger charge is 2.34. The molecule has 1 aromatic carbocycles. The van der Waals surface area contributed by atoms with Crippen molar-refractivity contribution < 1.29 is 22.8 Å². The fourth-order valence-corrected chi connectivity index (χ4v) is 3.71. The molecule has 21 heavy (non-hydrogen) atoms. The molecule has 7 nitrogen and oxygen atoms in total. The van der Waals surface area contributed by atoms with Gasteiger partial charge in [0.2, 0.25) is 10.0 Å². The molecular formula is C11H13BrFN3O4S. The number of sulfonamides is 1. The zero-order valence-corrected chi connectivity index (χ0v) is 13.1. The average Bonchev–Trinajstić information content (AvgIpc) is 2.46. The Hall–Kier alpha value is -1.23. The SMILES string of the molecule is N/C(=N/O)C1CN(S(=O)(=O)c2ccc(Br)cc2F)CCO1. The normalized spacial score (nSPS) is 21.4. The van der Waals surface area contributed by atoms with Gasteiger partial charge in [0.05, 0.1) is 6.61 Å². The quantitative estimate of drug-likeness (QED) is 0.347. The van der Waals surface area contributed by atoms with Gasteiger partial charge in [-0.3, -0.25) is 0 Å². The number of nitrogens with zero attached hydrogens (tertiary/aromatic N) is 2. The van der Waals surface area contributed by atoms with Gasteiger partial charge in [-0.1, -0.05) is 21.1 Å². The first-order valence-electron chi connectivity index (χ1n) is 5.90. The lowest BCUT2D eigenvalue weighted by molar-refractivity contribution is 0.0354. The Morgan fingerprint density at radius 1 is 1.57 bits per heavy atom. The third-order valence-electron chi connectivity index (χ3n) is 2.99. The molecule has 0 bridgehead atoms. The van der Waals surface area contributed by atoms with Gasteiger partial charge < -0.3 is 15.7 Å². The minimum Gasteiger partial charge on any atom is -0.409 e. The van der Waals surface area contributed by atoms with Gasteiger partial charge >= 0.3 is 0 Å². The van der Waals surface area contributed by atoms with E-state index in [1.54, 1.807) is 0 Å². The van der Waals surface area contributed by atoms with Crippen molar-refractivity contribution in [3.8, 4) is 0 Å². The second kappa shape index (κ2) is 6.26. The predicted octanol–water partition coefficient (Wildman–Crippen LogP) is 0.724. The van der Waals surface area contributed by atoms with Crippen molar-refractivity contribution in [2.75, 3.05) is 19.7 Å². The Balaban J connectivity index is 2.31. The lowest BCUT2D eigenvalue weighted by Gasteiger charge is -2.31. The molecule has 0 spiro atoms. The number of amidine groups is 1. The number of morpholine rings is 1. The molecule has 1 aliphatic heterocycles. The summed E-state index contributed by atoms with van der Waals surface area (Å²) in [5.41, 5.74) is 5.41. The van der Waals surface area contributed by atoms with E-state index in [0.29, 0.717) is 4.47 Å². The van der Waals surface area contributed by atoms with Gasteiger partial charge in [0.1, 0.15) is 16.8 Å². The number of halogens is 2. The van der Waals surface area contributed by atoms with Crippen LogP contribution >= 0.6 is 15.9 Å². The molecule has 1 atom stereocenters. The highest BCUT2D eigenvalue weighted by Crippen LogP contribution is 2.24. The third-order valence-corrected chi connectivity index (χ3v) is 5.38. The summed E-state index contributed by atoms with van der Waals surface area (Å²) in [5.74, 6) is -1.08. The molecule has 10 heteroatoms. The van der Waals surface area contributed by atoms with Gasteiger partial charge in [0.15, 0.2) is 5.84 Å². The first kappa shape index (κ1) is 16.1. The predicted molar refractivity (Wildman–Crippen MR) is 76.0 cm³/mol. The van der Waals surface area contributed by atoms with Crippen molar-refractivity contribution in [1.82, 2.24) is 4.31 Å². The minimum atomic E-state index is -4.02. The van der Waals surface area contributed by atoms with Crippen LogP contribution in [0.5, 0.6) is 0 Å². The average molecular weight is 382 g/mol. The summed E-state index contributed by atoms with van der Waals surface area (Å²) in [6, 6.07) is 3.70. The molecule has 1 saturated heterocycles. The van der Waals surface area contributed by atoms with Crippen molar-refractivity contribution in [1.29, 1.82) is 0 Å². The minimum absolute atomic E-state index is 0.0625. The van der Waals surface area contributed by atoms with Crippen LogP contribution in [0, 0.1) is 5.82 Å². The van der Waals surface area contributed by atoms with E-state index in [0.717, 1.165) is 10.4 Å². The first-order valence-corrected chi connectivity index (χ1v) is 8.14. The van der Waals surface area contributed by atoms with Crippen LogP contribution in [-0.4, -0.2) is 49.6 Å². The summed E-state index contributed by atoms with van der Waals surface area (Å²) in [6.07, 6.45) is -0.864. The van der Waals surface area contributed by atoms with Crippen molar-refractivity contribution in [2.45, 2.75) is 11.0 Å². The summed E-state index contributed by atoms with van der Waals surface area (Å²) in [4.78, 5) is -0.425. The second-order valence-electron chi connectivity index (χ2n) is 4.32. The van der Waals surface area contributed by atoms with E-state index in [4.69, 9.17) is 15.7 Å². The number of hydrogen-bond donors (Lipinski definition) is 2. The van der Waals surface area contributed by atoms with E-state index in [-0.39, 0.29) is 25.5 Å². The van der Waals surface area contributed by atoms with Gasteiger partial charge in [-0.2, -0.15) is 4.31 Å². The van der Waals surface area contributed by atoms with E-state index < -0.39 is 26.8 Å². The molecule has 1 aliphatic rings. The second-order valence-corrected chi connectivity index (χ2v) is 7.14. The molecule has 3 N–H and O–H groups in total. The molecule has 1 unspecified atom stereocenters. The van der Waals surface area contributed by atoms with Gasteiger partial charge in [-0.25, -0.2) is 12.8 Å². The molecular weight excluding hydrogens is 369 g/mol. The van der Waals surface area contributed by atoms with Crippen LogP contribution in [0.15, 0.2) is 32.7 Å². The smallest absolute Gasteiger partial charge is 0.246 e. The Bertz CT molecular complexity index is 667. The number of oxime groups is 1. The summed E-state index contributed by atoms with van der Waals surface area (Å²) < 4.78 is 45.5. The van der Waals surface area contributed by atoms with E-state index >= 15 is 0 Å². The Morgan fingerprint density at radius 2 is 2.29 bits per heavy atom. The maximum absolute atomic E-state index is 13.9. The zero-order valence-electron chi connectivity index (χ0n) is 10.7. The molecule has 0 saturated carbocycles. The van der Waals surface area contributed by atoms with E-state index in [9.17, 15) is 12.8 Å². The van der Waals surface area contributed by atoms with Crippen molar-refractivity contribution in [3.63, 3.8) is 0 Å². The van der Waals surface area contributed by atoms with Crippen LogP contribution in [0.4, 0.5) is 4.39 Å². The molecule has 0 amide bonds. The first-order chi connectivity index (χ1) is 9.86. The van der Waals surface area contributed by atoms with E-state index in [1.807, 2.05) is 0 Å². The lowest BCUT2D eigenvalue weighted by atomic mass is 10.3. The number of nitrogens with two attached hydrogens (primary N) is 1. The van der Waals surface area contributed by atoms with Crippen LogP contribution in [0.1, 0.15) is 0 Å². The Labute approximate surface area is 129 Å². The summed E-state index contributed by atoms with van der Waals surface area (Å²) in [6.45, 7) is -0.0148. The maximum Gasteiger partial charge on any atom is 0.246 e. The van der Waals surface area contributed by atoms with Gasteiger partial charge in [0, 0.05) is 17.6 Å². The molecule has 2 rings (SSSR count). The highest BCUT2D eigenvalue weighted by atomic mass is 79.9. The summed E-state index contributed by atoms with van der Waals surface area (Å²) in [5, 5.41) is 11.4. The molecule has 0 radical (unpaired) electrons. The van der Waals surface area contributed by atoms with Crippen molar-refractivity contribution in [3.05, 3.63) is 28.5 Å². The Morgan fingerprint density at radius 3 is 2.90 bits per heavy atom. The van der Waals surface area contributed by atoms with Crippen LogP contribution in [0.2, 0.25) is 0 Å². The lowest BCUT2D eigenvalue weighted by Crippen LogP contribution is -2.50. The summed E-state index contributed by atoms with van der Waals surface area (Å²) >= 11 is 3.07. The topological polar surface area (TPSA) is 105 Å². The van der Waals surface area contributed by atoms with Crippen LogP contribution in [-0.2, 0) is 14.8 Å². The fourth-order valence-electron chi connectivity index (χ4n) is 1.91. The van der Waals surface area contributed by atoms with Gasteiger partial charge in [-0.15, -0.1) is 0 Å². The molecule has 0 aliphatic carbocycles. The maximum atomic E-state index is 13.9. The van der Waals surface area contributed by atoms with Gasteiger partial charge in [-0.05, 0) is 18.2 Å². The van der Waals surface area contributed by atoms with Crippen LogP contribution < -0.4 is 5.73 Å². The number of hydrogen-bond acceptors (Lipinski definition) is 5. The molecule has 1 fully saturated rings. The zero-order chi connectivity index (χ0) is 15.6. The van der Waals surface area contributed by atoms with Gasteiger partial charge in [0.25, 0.3) is 0 Å². The van der Waals surface area contributed by atoms with Crippen LogP contribution in [0.25, 0.3) is 0 Å². The summed E-state index contributed by atoms with van der Waals surface area (Å²) in [7, 11) is -4.02.